The molecular formula is C11H13F3N2. The van der Waals surface area contributed by atoms with Crippen LogP contribution in [0.15, 0.2) is 30.3 Å². The first kappa shape index (κ1) is 11.4. The Morgan fingerprint density at radius 2 is 1.88 bits per heavy atom. The summed E-state index contributed by atoms with van der Waals surface area (Å²) in [7, 11) is 0. The van der Waals surface area contributed by atoms with Gasteiger partial charge >= 0.3 is 6.18 Å². The second-order valence-electron chi connectivity index (χ2n) is 4.10. The Kier molecular flexibility index (Phi) is 2.90. The molecule has 5 heteroatoms. The van der Waals surface area contributed by atoms with Crippen molar-refractivity contribution in [1.82, 2.24) is 5.43 Å². The molecule has 0 saturated heterocycles. The van der Waals surface area contributed by atoms with Gasteiger partial charge in [0, 0.05) is 0 Å². The van der Waals surface area contributed by atoms with Crippen LogP contribution in [-0.2, 0) is 0 Å². The number of nitrogens with one attached hydrogen (secondary N) is 1. The lowest BCUT2D eigenvalue weighted by atomic mass is 10.1. The van der Waals surface area contributed by atoms with E-state index in [0.29, 0.717) is 6.42 Å². The molecule has 0 spiro atoms. The van der Waals surface area contributed by atoms with E-state index in [1.54, 1.807) is 0 Å². The lowest BCUT2D eigenvalue weighted by molar-refractivity contribution is -0.161. The second-order valence-corrected chi connectivity index (χ2v) is 4.10. The van der Waals surface area contributed by atoms with E-state index in [2.05, 4.69) is 0 Å². The minimum atomic E-state index is -4.27. The van der Waals surface area contributed by atoms with Gasteiger partial charge in [0.05, 0.1) is 0 Å². The third kappa shape index (κ3) is 2.20. The zero-order valence-corrected chi connectivity index (χ0v) is 8.54. The smallest absolute Gasteiger partial charge is 0.271 e. The standard InChI is InChI=1S/C11H13F3N2/c12-11(13,14)10(16-15)9-6-8(9)7-4-2-1-3-5-7/h1-5,8-10,16H,6,15H2. The molecule has 3 atom stereocenters. The molecule has 1 aliphatic carbocycles. The number of alkyl halides is 3. The van der Waals surface area contributed by atoms with E-state index in [1.807, 2.05) is 35.8 Å². The van der Waals surface area contributed by atoms with Crippen molar-refractivity contribution < 1.29 is 13.2 Å². The number of rotatable bonds is 3. The van der Waals surface area contributed by atoms with Crippen LogP contribution in [0.5, 0.6) is 0 Å². The number of hydrogen-bond donors (Lipinski definition) is 2. The van der Waals surface area contributed by atoms with E-state index in [-0.39, 0.29) is 5.92 Å². The summed E-state index contributed by atoms with van der Waals surface area (Å²) in [5.74, 6) is 4.51. The molecule has 0 amide bonds. The molecule has 1 fully saturated rings. The lowest BCUT2D eigenvalue weighted by Gasteiger charge is -2.19. The van der Waals surface area contributed by atoms with Gasteiger partial charge in [-0.3, -0.25) is 5.84 Å². The van der Waals surface area contributed by atoms with Gasteiger partial charge < -0.3 is 0 Å². The van der Waals surface area contributed by atoms with Crippen LogP contribution in [0, 0.1) is 5.92 Å². The maximum atomic E-state index is 12.6. The molecule has 2 nitrogen and oxygen atoms in total. The minimum absolute atomic E-state index is 0.0242. The molecule has 0 aliphatic heterocycles. The summed E-state index contributed by atoms with van der Waals surface area (Å²) >= 11 is 0. The Bertz CT molecular complexity index is 350. The van der Waals surface area contributed by atoms with Crippen LogP contribution in [0.25, 0.3) is 0 Å². The van der Waals surface area contributed by atoms with Gasteiger partial charge in [-0.2, -0.15) is 13.2 Å². The molecule has 16 heavy (non-hydrogen) atoms. The van der Waals surface area contributed by atoms with Crippen molar-refractivity contribution in [2.75, 3.05) is 0 Å². The van der Waals surface area contributed by atoms with Crippen molar-refractivity contribution in [2.24, 2.45) is 11.8 Å². The number of halogens is 3. The first-order chi connectivity index (χ1) is 7.54. The predicted octanol–water partition coefficient (Wildman–Crippen LogP) is 2.18. The largest absolute Gasteiger partial charge is 0.405 e. The number of benzene rings is 1. The summed E-state index contributed by atoms with van der Waals surface area (Å²) in [5, 5.41) is 0. The minimum Gasteiger partial charge on any atom is -0.271 e. The average molecular weight is 230 g/mol. The first-order valence-electron chi connectivity index (χ1n) is 5.12. The Balaban J connectivity index is 2.06. The van der Waals surface area contributed by atoms with Crippen molar-refractivity contribution in [3.63, 3.8) is 0 Å². The summed E-state index contributed by atoms with van der Waals surface area (Å²) in [4.78, 5) is 0. The average Bonchev–Trinajstić information content (AvgIpc) is 2.98. The maximum absolute atomic E-state index is 12.6. The normalized spacial score (nSPS) is 26.5. The van der Waals surface area contributed by atoms with E-state index in [0.717, 1.165) is 5.56 Å². The summed E-state index contributed by atoms with van der Waals surface area (Å²) in [6.07, 6.45) is -3.73. The zero-order valence-electron chi connectivity index (χ0n) is 8.54. The molecule has 88 valence electrons. The molecule has 0 radical (unpaired) electrons. The zero-order chi connectivity index (χ0) is 11.8. The number of hydrazine groups is 1. The number of hydrogen-bond acceptors (Lipinski definition) is 2. The van der Waals surface area contributed by atoms with E-state index in [4.69, 9.17) is 5.84 Å². The van der Waals surface area contributed by atoms with Crippen molar-refractivity contribution in [1.29, 1.82) is 0 Å². The Morgan fingerprint density at radius 3 is 2.38 bits per heavy atom. The highest BCUT2D eigenvalue weighted by atomic mass is 19.4. The molecule has 1 aromatic rings. The maximum Gasteiger partial charge on any atom is 0.405 e. The fourth-order valence-corrected chi connectivity index (χ4v) is 2.13. The van der Waals surface area contributed by atoms with Crippen molar-refractivity contribution in [2.45, 2.75) is 24.6 Å². The SMILES string of the molecule is NNC(C1CC1c1ccccc1)C(F)(F)F. The van der Waals surface area contributed by atoms with E-state index >= 15 is 0 Å². The topological polar surface area (TPSA) is 38.0 Å². The van der Waals surface area contributed by atoms with E-state index < -0.39 is 18.1 Å². The quantitative estimate of drug-likeness (QED) is 0.617. The van der Waals surface area contributed by atoms with Crippen LogP contribution in [0.2, 0.25) is 0 Å². The fourth-order valence-electron chi connectivity index (χ4n) is 2.13. The molecule has 1 aliphatic rings. The van der Waals surface area contributed by atoms with Crippen LogP contribution >= 0.6 is 0 Å². The summed E-state index contributed by atoms with van der Waals surface area (Å²) in [5.41, 5.74) is 2.83. The van der Waals surface area contributed by atoms with Gasteiger partial charge in [-0.25, -0.2) is 5.43 Å². The molecule has 0 aromatic heterocycles. The van der Waals surface area contributed by atoms with E-state index in [9.17, 15) is 13.2 Å². The van der Waals surface area contributed by atoms with Crippen LogP contribution in [0.3, 0.4) is 0 Å². The Morgan fingerprint density at radius 1 is 1.25 bits per heavy atom. The predicted molar refractivity (Wildman–Crippen MR) is 54.5 cm³/mol. The van der Waals surface area contributed by atoms with Gasteiger partial charge in [0.15, 0.2) is 0 Å². The van der Waals surface area contributed by atoms with Crippen molar-refractivity contribution in [3.05, 3.63) is 35.9 Å². The summed E-state index contributed by atoms with van der Waals surface area (Å²) in [6, 6.07) is 7.64. The Hall–Kier alpha value is -1.07. The van der Waals surface area contributed by atoms with Crippen molar-refractivity contribution in [3.8, 4) is 0 Å². The van der Waals surface area contributed by atoms with Gasteiger partial charge in [0.25, 0.3) is 0 Å². The van der Waals surface area contributed by atoms with Gasteiger partial charge in [0.1, 0.15) is 6.04 Å². The highest BCUT2D eigenvalue weighted by molar-refractivity contribution is 5.27. The molecule has 1 saturated carbocycles. The van der Waals surface area contributed by atoms with Gasteiger partial charge in [-0.05, 0) is 23.8 Å². The van der Waals surface area contributed by atoms with E-state index in [1.165, 1.54) is 0 Å². The number of nitrogens with two attached hydrogens (primary N) is 1. The van der Waals surface area contributed by atoms with Crippen LogP contribution in [0.4, 0.5) is 13.2 Å². The van der Waals surface area contributed by atoms with Gasteiger partial charge in [-0.15, -0.1) is 0 Å². The first-order valence-corrected chi connectivity index (χ1v) is 5.12. The highest BCUT2D eigenvalue weighted by Crippen LogP contribution is 2.52. The third-order valence-corrected chi connectivity index (χ3v) is 3.03. The van der Waals surface area contributed by atoms with Crippen LogP contribution in [-0.4, -0.2) is 12.2 Å². The molecule has 0 bridgehead atoms. The molecule has 3 N–H and O–H groups in total. The van der Waals surface area contributed by atoms with Crippen molar-refractivity contribution >= 4 is 0 Å². The second kappa shape index (κ2) is 4.07. The third-order valence-electron chi connectivity index (χ3n) is 3.03. The Labute approximate surface area is 91.6 Å². The molecule has 2 rings (SSSR count). The molecule has 0 heterocycles. The molecule has 3 unspecified atom stereocenters. The van der Waals surface area contributed by atoms with Gasteiger partial charge in [-0.1, -0.05) is 30.3 Å². The molecular weight excluding hydrogens is 217 g/mol. The summed E-state index contributed by atoms with van der Waals surface area (Å²) < 4.78 is 37.7. The van der Waals surface area contributed by atoms with Gasteiger partial charge in [0.2, 0.25) is 0 Å². The van der Waals surface area contributed by atoms with Crippen LogP contribution in [0.1, 0.15) is 17.9 Å². The highest BCUT2D eigenvalue weighted by Gasteiger charge is 2.54. The summed E-state index contributed by atoms with van der Waals surface area (Å²) in [6.45, 7) is 0. The molecule has 1 aromatic carbocycles. The fraction of sp³-hybridized carbons (Fsp3) is 0.455. The monoisotopic (exact) mass is 230 g/mol. The lowest BCUT2D eigenvalue weighted by Crippen LogP contribution is -2.47. The van der Waals surface area contributed by atoms with Crippen LogP contribution < -0.4 is 11.3 Å².